The Morgan fingerprint density at radius 3 is 3.17 bits per heavy atom. The molecule has 0 aliphatic carbocycles. The summed E-state index contributed by atoms with van der Waals surface area (Å²) in [5.74, 6) is 0.632. The molecule has 0 aliphatic heterocycles. The van der Waals surface area contributed by atoms with Crippen molar-refractivity contribution in [2.75, 3.05) is 0 Å². The van der Waals surface area contributed by atoms with Crippen LogP contribution in [0.4, 0.5) is 0 Å². The first-order valence-electron chi connectivity index (χ1n) is 5.42. The van der Waals surface area contributed by atoms with Gasteiger partial charge in [0.15, 0.2) is 5.65 Å². The van der Waals surface area contributed by atoms with Crippen LogP contribution in [0.25, 0.3) is 22.6 Å². The fourth-order valence-electron chi connectivity index (χ4n) is 1.96. The number of nitrogens with zero attached hydrogens (tertiary/aromatic N) is 6. The highest BCUT2D eigenvalue weighted by Crippen LogP contribution is 2.21. The van der Waals surface area contributed by atoms with E-state index in [9.17, 15) is 0 Å². The Morgan fingerprint density at radius 2 is 2.17 bits per heavy atom. The van der Waals surface area contributed by atoms with E-state index in [4.69, 9.17) is 0 Å². The van der Waals surface area contributed by atoms with Gasteiger partial charge in [-0.05, 0) is 12.1 Å². The first-order valence-corrected chi connectivity index (χ1v) is 5.42. The molecule has 0 amide bonds. The second-order valence-electron chi connectivity index (χ2n) is 3.88. The van der Waals surface area contributed by atoms with Gasteiger partial charge in [0, 0.05) is 35.9 Å². The monoisotopic (exact) mass is 235 g/mol. The van der Waals surface area contributed by atoms with E-state index >= 15 is 0 Å². The predicted octanol–water partition coefficient (Wildman–Crippen LogP) is 1.24. The zero-order chi connectivity index (χ0) is 11.9. The number of rotatable bonds is 1. The summed E-state index contributed by atoms with van der Waals surface area (Å²) < 4.78 is 3.72. The van der Waals surface area contributed by atoms with Crippen LogP contribution < -0.4 is 0 Å². The van der Waals surface area contributed by atoms with Crippen LogP contribution in [-0.4, -0.2) is 29.0 Å². The second kappa shape index (κ2) is 3.36. The van der Waals surface area contributed by atoms with Gasteiger partial charge in [0.25, 0.3) is 0 Å². The highest BCUT2D eigenvalue weighted by molar-refractivity contribution is 5.76. The maximum Gasteiger partial charge on any atom is 0.234 e. The van der Waals surface area contributed by atoms with E-state index in [1.807, 2.05) is 39.5 Å². The summed E-state index contributed by atoms with van der Waals surface area (Å²) in [4.78, 5) is 8.27. The standard InChI is InChI=1S/C12H7N6/c1-2-10(11-16-15-8-18(11)4-1)9-6-14-12-13-3-5-17(12)7-9/h1-5,7-8H. The van der Waals surface area contributed by atoms with Gasteiger partial charge in [-0.1, -0.05) is 0 Å². The summed E-state index contributed by atoms with van der Waals surface area (Å²) in [5.41, 5.74) is 2.59. The molecule has 0 aliphatic rings. The van der Waals surface area contributed by atoms with Gasteiger partial charge in [0.1, 0.15) is 12.5 Å². The topological polar surface area (TPSA) is 60.4 Å². The highest BCUT2D eigenvalue weighted by Gasteiger charge is 2.07. The second-order valence-corrected chi connectivity index (χ2v) is 3.88. The molecular weight excluding hydrogens is 228 g/mol. The van der Waals surface area contributed by atoms with Crippen molar-refractivity contribution in [2.45, 2.75) is 0 Å². The number of pyridine rings is 1. The van der Waals surface area contributed by atoms with Crippen molar-refractivity contribution in [2.24, 2.45) is 0 Å². The molecule has 0 bridgehead atoms. The van der Waals surface area contributed by atoms with Gasteiger partial charge in [-0.25, -0.2) is 9.97 Å². The summed E-state index contributed by atoms with van der Waals surface area (Å²) in [6.45, 7) is 0. The molecule has 0 N–H and O–H groups in total. The van der Waals surface area contributed by atoms with Crippen molar-refractivity contribution in [3.63, 3.8) is 0 Å². The van der Waals surface area contributed by atoms with Crippen LogP contribution in [0.2, 0.25) is 0 Å². The molecule has 0 atom stereocenters. The van der Waals surface area contributed by atoms with Crippen molar-refractivity contribution in [3.8, 4) is 11.1 Å². The Balaban J connectivity index is 2.03. The molecule has 6 nitrogen and oxygen atoms in total. The van der Waals surface area contributed by atoms with Crippen LogP contribution in [0.1, 0.15) is 0 Å². The van der Waals surface area contributed by atoms with E-state index in [-0.39, 0.29) is 0 Å². The lowest BCUT2D eigenvalue weighted by Gasteiger charge is -2.02. The fraction of sp³-hybridized carbons (Fsp3) is 0. The van der Waals surface area contributed by atoms with Gasteiger partial charge >= 0.3 is 0 Å². The lowest BCUT2D eigenvalue weighted by molar-refractivity contribution is 1.10. The fourth-order valence-corrected chi connectivity index (χ4v) is 1.96. The molecule has 0 spiro atoms. The first kappa shape index (κ1) is 9.29. The minimum atomic E-state index is 0.632. The number of fused-ring (bicyclic) bond motifs is 2. The van der Waals surface area contributed by atoms with Crippen molar-refractivity contribution < 1.29 is 0 Å². The van der Waals surface area contributed by atoms with E-state index in [2.05, 4.69) is 26.4 Å². The molecule has 85 valence electrons. The number of imidazole rings is 1. The summed E-state index contributed by atoms with van der Waals surface area (Å²) in [7, 11) is 0. The average molecular weight is 235 g/mol. The molecule has 0 fully saturated rings. The smallest absolute Gasteiger partial charge is 0.234 e. The molecule has 4 aromatic heterocycles. The van der Waals surface area contributed by atoms with Crippen molar-refractivity contribution in [3.05, 3.63) is 49.4 Å². The Morgan fingerprint density at radius 1 is 1.17 bits per heavy atom. The third-order valence-electron chi connectivity index (χ3n) is 2.81. The van der Waals surface area contributed by atoms with Gasteiger partial charge in [0.05, 0.1) is 0 Å². The summed E-state index contributed by atoms with van der Waals surface area (Å²) >= 11 is 0. The molecular formula is C12H7N6. The lowest BCUT2D eigenvalue weighted by atomic mass is 10.1. The van der Waals surface area contributed by atoms with Crippen molar-refractivity contribution in [1.82, 2.24) is 29.0 Å². The van der Waals surface area contributed by atoms with Gasteiger partial charge in [-0.15, -0.1) is 10.2 Å². The molecule has 1 radical (unpaired) electrons. The quantitative estimate of drug-likeness (QED) is 0.498. The first-order chi connectivity index (χ1) is 8.92. The third-order valence-corrected chi connectivity index (χ3v) is 2.81. The minimum absolute atomic E-state index is 0.632. The van der Waals surface area contributed by atoms with Crippen LogP contribution in [0.3, 0.4) is 0 Å². The number of aromatic nitrogens is 6. The molecule has 0 unspecified atom stereocenters. The van der Waals surface area contributed by atoms with Crippen LogP contribution >= 0.6 is 0 Å². The lowest BCUT2D eigenvalue weighted by Crippen LogP contribution is -1.92. The Hall–Kier alpha value is -2.76. The van der Waals surface area contributed by atoms with Crippen molar-refractivity contribution in [1.29, 1.82) is 0 Å². The molecule has 4 rings (SSSR count). The Bertz CT molecular complexity index is 844. The van der Waals surface area contributed by atoms with Gasteiger partial charge in [-0.3, -0.25) is 8.80 Å². The minimum Gasteiger partial charge on any atom is -0.291 e. The van der Waals surface area contributed by atoms with Gasteiger partial charge in [-0.2, -0.15) is 0 Å². The maximum absolute atomic E-state index is 4.18. The van der Waals surface area contributed by atoms with Gasteiger partial charge in [0.2, 0.25) is 5.78 Å². The van der Waals surface area contributed by atoms with Crippen LogP contribution in [0.5, 0.6) is 0 Å². The van der Waals surface area contributed by atoms with E-state index in [1.54, 1.807) is 12.5 Å². The van der Waals surface area contributed by atoms with E-state index in [1.165, 1.54) is 0 Å². The highest BCUT2D eigenvalue weighted by atomic mass is 15.2. The average Bonchev–Trinajstić information content (AvgIpc) is 3.05. The molecule has 4 heterocycles. The van der Waals surface area contributed by atoms with Gasteiger partial charge < -0.3 is 0 Å². The third kappa shape index (κ3) is 1.22. The Kier molecular flexibility index (Phi) is 1.74. The molecule has 0 saturated carbocycles. The van der Waals surface area contributed by atoms with E-state index < -0.39 is 0 Å². The normalized spacial score (nSPS) is 11.3. The summed E-state index contributed by atoms with van der Waals surface area (Å²) in [5, 5.41) is 8.00. The SMILES string of the molecule is [c]1nc2nccn2cc1-c1cccn2cnnc12. The zero-order valence-corrected chi connectivity index (χ0v) is 9.22. The van der Waals surface area contributed by atoms with Crippen molar-refractivity contribution >= 4 is 11.4 Å². The van der Waals surface area contributed by atoms with Crippen LogP contribution in [0, 0.1) is 6.20 Å². The van der Waals surface area contributed by atoms with E-state index in [0.29, 0.717) is 5.78 Å². The number of hydrogen-bond acceptors (Lipinski definition) is 4. The maximum atomic E-state index is 4.18. The zero-order valence-electron chi connectivity index (χ0n) is 9.22. The molecule has 0 aromatic carbocycles. The Labute approximate surface area is 102 Å². The molecule has 18 heavy (non-hydrogen) atoms. The summed E-state index contributed by atoms with van der Waals surface area (Å²) in [6.07, 6.45) is 12.0. The largest absolute Gasteiger partial charge is 0.291 e. The predicted molar refractivity (Wildman–Crippen MR) is 63.8 cm³/mol. The molecule has 0 saturated heterocycles. The molecule has 4 aromatic rings. The van der Waals surface area contributed by atoms with Crippen LogP contribution in [0.15, 0.2) is 43.2 Å². The van der Waals surface area contributed by atoms with Crippen LogP contribution in [-0.2, 0) is 0 Å². The van der Waals surface area contributed by atoms with E-state index in [0.717, 1.165) is 16.8 Å². The number of hydrogen-bond donors (Lipinski definition) is 0. The molecule has 6 heteroatoms. The summed E-state index contributed by atoms with van der Waals surface area (Å²) in [6, 6.07) is 3.91.